The molecule has 6 heteroatoms. The number of carboxylic acid groups (broad SMARTS) is 1. The van der Waals surface area contributed by atoms with Gasteiger partial charge < -0.3 is 14.7 Å². The molecule has 1 N–H and O–H groups in total. The van der Waals surface area contributed by atoms with Crippen molar-refractivity contribution in [1.29, 1.82) is 0 Å². The first-order chi connectivity index (χ1) is 12.1. The van der Waals surface area contributed by atoms with E-state index in [2.05, 4.69) is 4.99 Å². The van der Waals surface area contributed by atoms with Crippen LogP contribution < -0.4 is 4.74 Å². The Morgan fingerprint density at radius 1 is 1.16 bits per heavy atom. The predicted molar refractivity (Wildman–Crippen MR) is 93.1 cm³/mol. The first-order valence-corrected chi connectivity index (χ1v) is 7.73. The van der Waals surface area contributed by atoms with E-state index in [-0.39, 0.29) is 12.4 Å². The van der Waals surface area contributed by atoms with Crippen LogP contribution in [0.3, 0.4) is 0 Å². The van der Waals surface area contributed by atoms with Gasteiger partial charge in [-0.2, -0.15) is 0 Å². The number of rotatable bonds is 5. The van der Waals surface area contributed by atoms with E-state index in [1.807, 2.05) is 18.2 Å². The Kier molecular flexibility index (Phi) is 4.79. The number of carbonyl (C=O) groups is 1. The molecule has 128 valence electrons. The monoisotopic (exact) mass is 340 g/mol. The van der Waals surface area contributed by atoms with Crippen molar-refractivity contribution in [3.05, 3.63) is 71.6 Å². The minimum absolute atomic E-state index is 0.155. The van der Waals surface area contributed by atoms with Gasteiger partial charge in [-0.1, -0.05) is 0 Å². The van der Waals surface area contributed by atoms with Gasteiger partial charge in [-0.25, -0.2) is 9.38 Å². The molecule has 2 aromatic carbocycles. The molecule has 1 heterocycles. The second kappa shape index (κ2) is 7.17. The summed E-state index contributed by atoms with van der Waals surface area (Å²) in [6.07, 6.45) is 1.84. The van der Waals surface area contributed by atoms with Crippen molar-refractivity contribution in [2.24, 2.45) is 4.99 Å². The highest BCUT2D eigenvalue weighted by molar-refractivity contribution is 6.04. The lowest BCUT2D eigenvalue weighted by molar-refractivity contribution is -0.137. The van der Waals surface area contributed by atoms with Crippen LogP contribution in [0.2, 0.25) is 0 Å². The van der Waals surface area contributed by atoms with E-state index in [0.717, 1.165) is 11.1 Å². The molecule has 0 amide bonds. The largest absolute Gasteiger partial charge is 0.497 e. The van der Waals surface area contributed by atoms with Crippen molar-refractivity contribution in [1.82, 2.24) is 4.90 Å². The fraction of sp³-hybridized carbons (Fsp3) is 0.158. The molecule has 0 saturated carbocycles. The van der Waals surface area contributed by atoms with E-state index >= 15 is 0 Å². The van der Waals surface area contributed by atoms with Gasteiger partial charge >= 0.3 is 5.97 Å². The Labute approximate surface area is 144 Å². The summed E-state index contributed by atoms with van der Waals surface area (Å²) < 4.78 is 18.3. The van der Waals surface area contributed by atoms with Crippen LogP contribution in [0, 0.1) is 5.82 Å². The second-order valence-electron chi connectivity index (χ2n) is 5.53. The summed E-state index contributed by atoms with van der Waals surface area (Å²) in [5, 5.41) is 9.15. The molecule has 0 atom stereocenters. The minimum atomic E-state index is -0.931. The number of hydrogen-bond donors (Lipinski definition) is 1. The van der Waals surface area contributed by atoms with Crippen molar-refractivity contribution in [3.8, 4) is 5.75 Å². The molecule has 0 saturated heterocycles. The van der Waals surface area contributed by atoms with Gasteiger partial charge in [0.2, 0.25) is 0 Å². The summed E-state index contributed by atoms with van der Waals surface area (Å²) >= 11 is 0. The van der Waals surface area contributed by atoms with Crippen molar-refractivity contribution in [3.63, 3.8) is 0 Å². The normalized spacial score (nSPS) is 13.9. The molecule has 1 aliphatic rings. The van der Waals surface area contributed by atoms with Gasteiger partial charge in [0.15, 0.2) is 0 Å². The Morgan fingerprint density at radius 3 is 2.40 bits per heavy atom. The van der Waals surface area contributed by atoms with Gasteiger partial charge in [0.05, 0.1) is 12.8 Å². The Bertz CT molecular complexity index is 827. The van der Waals surface area contributed by atoms with Gasteiger partial charge in [-0.15, -0.1) is 0 Å². The maximum absolute atomic E-state index is 13.1. The molecular formula is C19H17FN2O3. The smallest absolute Gasteiger partial charge is 0.323 e. The lowest BCUT2D eigenvalue weighted by Gasteiger charge is -2.27. The fourth-order valence-electron chi connectivity index (χ4n) is 2.61. The fourth-order valence-corrected chi connectivity index (χ4v) is 2.61. The zero-order chi connectivity index (χ0) is 17.8. The molecule has 0 radical (unpaired) electrons. The quantitative estimate of drug-likeness (QED) is 0.909. The molecule has 25 heavy (non-hydrogen) atoms. The molecule has 0 aromatic heterocycles. The van der Waals surface area contributed by atoms with E-state index in [0.29, 0.717) is 23.8 Å². The number of ether oxygens (including phenoxy) is 1. The van der Waals surface area contributed by atoms with E-state index < -0.39 is 5.97 Å². The van der Waals surface area contributed by atoms with Gasteiger partial charge in [-0.05, 0) is 54.6 Å². The van der Waals surface area contributed by atoms with Crippen LogP contribution in [-0.2, 0) is 4.79 Å². The first kappa shape index (κ1) is 16.7. The van der Waals surface area contributed by atoms with Crippen molar-refractivity contribution >= 4 is 17.5 Å². The van der Waals surface area contributed by atoms with Crippen molar-refractivity contribution < 1.29 is 19.0 Å². The minimum Gasteiger partial charge on any atom is -0.497 e. The van der Waals surface area contributed by atoms with Gasteiger partial charge in [0.1, 0.15) is 23.9 Å². The van der Waals surface area contributed by atoms with Crippen LogP contribution in [0.4, 0.5) is 4.39 Å². The zero-order valence-electron chi connectivity index (χ0n) is 13.6. The zero-order valence-corrected chi connectivity index (χ0v) is 13.6. The Hall–Kier alpha value is -3.15. The summed E-state index contributed by atoms with van der Waals surface area (Å²) in [5.74, 6) is 0.0259. The van der Waals surface area contributed by atoms with Crippen LogP contribution in [0.25, 0.3) is 5.70 Å². The third kappa shape index (κ3) is 3.85. The molecule has 2 aromatic rings. The molecule has 0 unspecified atom stereocenters. The topological polar surface area (TPSA) is 62.1 Å². The van der Waals surface area contributed by atoms with Gasteiger partial charge in [0, 0.05) is 17.7 Å². The van der Waals surface area contributed by atoms with Crippen LogP contribution in [0.15, 0.2) is 59.6 Å². The van der Waals surface area contributed by atoms with Crippen LogP contribution in [-0.4, -0.2) is 42.0 Å². The molecule has 5 nitrogen and oxygen atoms in total. The van der Waals surface area contributed by atoms with E-state index in [1.54, 1.807) is 36.3 Å². The number of carboxylic acids is 1. The molecule has 0 aliphatic carbocycles. The average molecular weight is 340 g/mol. The maximum Gasteiger partial charge on any atom is 0.323 e. The van der Waals surface area contributed by atoms with E-state index in [9.17, 15) is 9.18 Å². The van der Waals surface area contributed by atoms with Crippen molar-refractivity contribution in [2.75, 3.05) is 20.2 Å². The number of hydrogen-bond acceptors (Lipinski definition) is 4. The number of aliphatic imine (C=N–C) groups is 1. The Balaban J connectivity index is 1.98. The number of amidine groups is 1. The number of aliphatic carboxylic acids is 1. The highest BCUT2D eigenvalue weighted by Crippen LogP contribution is 2.23. The summed E-state index contributed by atoms with van der Waals surface area (Å²) in [6, 6.07) is 13.3. The lowest BCUT2D eigenvalue weighted by atomic mass is 10.1. The van der Waals surface area contributed by atoms with Crippen LogP contribution in [0.5, 0.6) is 5.75 Å². The molecule has 3 rings (SSSR count). The maximum atomic E-state index is 13.1. The SMILES string of the molecule is COc1ccc(C2=NC(c3ccc(F)cc3)=CCN2CC(=O)O)cc1. The van der Waals surface area contributed by atoms with E-state index in [1.165, 1.54) is 12.1 Å². The number of methoxy groups -OCH3 is 1. The molecular weight excluding hydrogens is 323 g/mol. The lowest BCUT2D eigenvalue weighted by Crippen LogP contribution is -2.38. The summed E-state index contributed by atoms with van der Waals surface area (Å²) in [6.45, 7) is 0.252. The first-order valence-electron chi connectivity index (χ1n) is 7.73. The standard InChI is InChI=1S/C19H17FN2O3/c1-25-16-8-4-14(5-9-16)19-21-17(10-11-22(19)12-18(23)24)13-2-6-15(20)7-3-13/h2-10H,11-12H2,1H3,(H,23,24). The van der Waals surface area contributed by atoms with Gasteiger partial charge in [0.25, 0.3) is 0 Å². The summed E-state index contributed by atoms with van der Waals surface area (Å²) in [7, 11) is 1.58. The second-order valence-corrected chi connectivity index (χ2v) is 5.53. The molecule has 1 aliphatic heterocycles. The third-order valence-corrected chi connectivity index (χ3v) is 3.85. The number of benzene rings is 2. The summed E-state index contributed by atoms with van der Waals surface area (Å²) in [5.41, 5.74) is 2.25. The summed E-state index contributed by atoms with van der Waals surface area (Å²) in [4.78, 5) is 17.5. The predicted octanol–water partition coefficient (Wildman–Crippen LogP) is 3.02. The van der Waals surface area contributed by atoms with Crippen LogP contribution >= 0.6 is 0 Å². The van der Waals surface area contributed by atoms with E-state index in [4.69, 9.17) is 9.84 Å². The molecule has 0 fully saturated rings. The highest BCUT2D eigenvalue weighted by Gasteiger charge is 2.20. The number of halogens is 1. The van der Waals surface area contributed by atoms with Gasteiger partial charge in [-0.3, -0.25) is 4.79 Å². The third-order valence-electron chi connectivity index (χ3n) is 3.85. The molecule has 0 spiro atoms. The average Bonchev–Trinajstić information content (AvgIpc) is 2.62. The number of nitrogens with zero attached hydrogens (tertiary/aromatic N) is 2. The highest BCUT2D eigenvalue weighted by atomic mass is 19.1. The molecule has 0 bridgehead atoms. The van der Waals surface area contributed by atoms with Crippen molar-refractivity contribution in [2.45, 2.75) is 0 Å². The van der Waals surface area contributed by atoms with Crippen LogP contribution in [0.1, 0.15) is 11.1 Å². The Morgan fingerprint density at radius 2 is 1.80 bits per heavy atom.